The second kappa shape index (κ2) is 13.5. The van der Waals surface area contributed by atoms with Crippen LogP contribution in [0.15, 0.2) is 146 Å². The van der Waals surface area contributed by atoms with E-state index in [0.29, 0.717) is 34.9 Å². The molecule has 0 aliphatic carbocycles. The van der Waals surface area contributed by atoms with E-state index < -0.39 is 0 Å². The highest BCUT2D eigenvalue weighted by Crippen LogP contribution is 2.23. The normalized spacial score (nSPS) is 11.3. The van der Waals surface area contributed by atoms with E-state index >= 15 is 0 Å². The van der Waals surface area contributed by atoms with Crippen molar-refractivity contribution in [2.75, 3.05) is 0 Å². The van der Waals surface area contributed by atoms with Crippen LogP contribution in [0.2, 0.25) is 0 Å². The summed E-state index contributed by atoms with van der Waals surface area (Å²) in [6.07, 6.45) is 7.87. The molecule has 0 atom stereocenters. The molecule has 0 unspecified atom stereocenters. The van der Waals surface area contributed by atoms with Crippen LogP contribution >= 0.6 is 0 Å². The minimum atomic E-state index is 0.593. The maximum absolute atomic E-state index is 4.75. The molecule has 0 N–H and O–H groups in total. The molecular formula is C40H28N6. The predicted octanol–water partition coefficient (Wildman–Crippen LogP) is 9.07. The third-order valence-electron chi connectivity index (χ3n) is 7.22. The Hall–Kier alpha value is -6.40. The number of benzene rings is 5. The molecule has 0 saturated heterocycles. The van der Waals surface area contributed by atoms with Crippen LogP contribution in [0.5, 0.6) is 0 Å². The van der Waals surface area contributed by atoms with Gasteiger partial charge in [0.15, 0.2) is 34.9 Å². The smallest absolute Gasteiger partial charge is 0.164 e. The van der Waals surface area contributed by atoms with Gasteiger partial charge in [-0.1, -0.05) is 158 Å². The highest BCUT2D eigenvalue weighted by molar-refractivity contribution is 5.73. The molecule has 0 radical (unpaired) electrons. The fraction of sp³-hybridized carbons (Fsp3) is 0. The number of rotatable bonds is 8. The molecule has 2 heterocycles. The van der Waals surface area contributed by atoms with Crippen molar-refractivity contribution in [3.05, 3.63) is 168 Å². The minimum Gasteiger partial charge on any atom is -0.209 e. The second-order valence-corrected chi connectivity index (χ2v) is 10.5. The van der Waals surface area contributed by atoms with Crippen molar-refractivity contribution < 1.29 is 0 Å². The summed E-state index contributed by atoms with van der Waals surface area (Å²) in [4.78, 5) is 28.5. The molecule has 2 aromatic heterocycles. The molecular weight excluding hydrogens is 564 g/mol. The molecule has 218 valence electrons. The fourth-order valence-electron chi connectivity index (χ4n) is 4.86. The summed E-state index contributed by atoms with van der Waals surface area (Å²) in [6, 6.07) is 48.1. The quantitative estimate of drug-likeness (QED) is 0.175. The van der Waals surface area contributed by atoms with E-state index in [1.54, 1.807) is 0 Å². The zero-order valence-corrected chi connectivity index (χ0v) is 24.8. The molecule has 7 rings (SSSR count). The average molecular weight is 593 g/mol. The largest absolute Gasteiger partial charge is 0.209 e. The number of aromatic nitrogens is 6. The highest BCUT2D eigenvalue weighted by atomic mass is 15.0. The molecule has 0 fully saturated rings. The van der Waals surface area contributed by atoms with Crippen LogP contribution in [0.3, 0.4) is 0 Å². The molecule has 0 aliphatic rings. The van der Waals surface area contributed by atoms with E-state index in [4.69, 9.17) is 29.9 Å². The molecule has 0 aliphatic heterocycles. The Labute approximate surface area is 267 Å². The van der Waals surface area contributed by atoms with Crippen LogP contribution in [-0.4, -0.2) is 29.9 Å². The summed E-state index contributed by atoms with van der Waals surface area (Å²) in [7, 11) is 0. The lowest BCUT2D eigenvalue weighted by molar-refractivity contribution is 1.05. The molecule has 6 nitrogen and oxygen atoms in total. The molecule has 0 saturated carbocycles. The van der Waals surface area contributed by atoms with Crippen LogP contribution in [0.4, 0.5) is 0 Å². The van der Waals surface area contributed by atoms with Crippen molar-refractivity contribution in [1.29, 1.82) is 0 Å². The first-order valence-corrected chi connectivity index (χ1v) is 15.0. The zero-order chi connectivity index (χ0) is 31.0. The van der Waals surface area contributed by atoms with Crippen LogP contribution in [0, 0.1) is 0 Å². The lowest BCUT2D eigenvalue weighted by Gasteiger charge is -2.06. The van der Waals surface area contributed by atoms with Gasteiger partial charge >= 0.3 is 0 Å². The van der Waals surface area contributed by atoms with Gasteiger partial charge < -0.3 is 0 Å². The summed E-state index contributed by atoms with van der Waals surface area (Å²) in [5.41, 5.74) is 5.82. The molecule has 7 aromatic rings. The fourth-order valence-corrected chi connectivity index (χ4v) is 4.86. The Balaban J connectivity index is 1.14. The van der Waals surface area contributed by atoms with E-state index in [0.717, 1.165) is 33.4 Å². The van der Waals surface area contributed by atoms with Crippen molar-refractivity contribution in [2.45, 2.75) is 0 Å². The molecule has 0 amide bonds. The van der Waals surface area contributed by atoms with Crippen LogP contribution < -0.4 is 0 Å². The molecule has 5 aromatic carbocycles. The van der Waals surface area contributed by atoms with E-state index in [2.05, 4.69) is 24.3 Å². The SMILES string of the molecule is C(=Cc1nc(-c2ccccc2)nc(-c2ccccc2)n1)c1ccc(/C=C/c2nc(-c3ccccc3)nc(-c3ccccc3)n2)cc1. The van der Waals surface area contributed by atoms with Crippen molar-refractivity contribution >= 4 is 24.3 Å². The lowest BCUT2D eigenvalue weighted by Crippen LogP contribution is -1.99. The van der Waals surface area contributed by atoms with Crippen molar-refractivity contribution in [3.8, 4) is 45.6 Å². The van der Waals surface area contributed by atoms with E-state index in [-0.39, 0.29) is 0 Å². The first-order valence-electron chi connectivity index (χ1n) is 15.0. The van der Waals surface area contributed by atoms with Crippen molar-refractivity contribution in [2.24, 2.45) is 0 Å². The topological polar surface area (TPSA) is 77.3 Å². The van der Waals surface area contributed by atoms with Gasteiger partial charge in [-0.25, -0.2) is 29.9 Å². The minimum absolute atomic E-state index is 0.593. The van der Waals surface area contributed by atoms with Gasteiger partial charge in [-0.15, -0.1) is 0 Å². The summed E-state index contributed by atoms with van der Waals surface area (Å²) in [5, 5.41) is 0. The Morgan fingerprint density at radius 3 is 0.783 bits per heavy atom. The first kappa shape index (κ1) is 28.4. The molecule has 46 heavy (non-hydrogen) atoms. The van der Waals surface area contributed by atoms with Crippen molar-refractivity contribution in [1.82, 2.24) is 29.9 Å². The molecule has 6 heteroatoms. The van der Waals surface area contributed by atoms with Gasteiger partial charge in [-0.2, -0.15) is 0 Å². The third kappa shape index (κ3) is 6.87. The Morgan fingerprint density at radius 2 is 0.522 bits per heavy atom. The third-order valence-corrected chi connectivity index (χ3v) is 7.22. The van der Waals surface area contributed by atoms with E-state index in [1.165, 1.54) is 0 Å². The summed E-state index contributed by atoms with van der Waals surface area (Å²) in [5.74, 6) is 3.74. The molecule has 0 spiro atoms. The van der Waals surface area contributed by atoms with E-state index in [9.17, 15) is 0 Å². The Bertz CT molecular complexity index is 1840. The Morgan fingerprint density at radius 1 is 0.261 bits per heavy atom. The van der Waals surface area contributed by atoms with Gasteiger partial charge in [0.25, 0.3) is 0 Å². The van der Waals surface area contributed by atoms with Gasteiger partial charge in [0.05, 0.1) is 0 Å². The van der Waals surface area contributed by atoms with Gasteiger partial charge in [0.1, 0.15) is 0 Å². The zero-order valence-electron chi connectivity index (χ0n) is 24.8. The number of nitrogens with zero attached hydrogens (tertiary/aromatic N) is 6. The maximum Gasteiger partial charge on any atom is 0.164 e. The average Bonchev–Trinajstić information content (AvgIpc) is 3.15. The lowest BCUT2D eigenvalue weighted by atomic mass is 10.1. The van der Waals surface area contributed by atoms with Crippen LogP contribution in [-0.2, 0) is 0 Å². The Kier molecular flexibility index (Phi) is 8.32. The predicted molar refractivity (Wildman–Crippen MR) is 186 cm³/mol. The molecule has 0 bridgehead atoms. The monoisotopic (exact) mass is 592 g/mol. The second-order valence-electron chi connectivity index (χ2n) is 10.5. The van der Waals surface area contributed by atoms with Crippen LogP contribution in [0.25, 0.3) is 69.9 Å². The number of hydrogen-bond acceptors (Lipinski definition) is 6. The standard InChI is InChI=1S/C40H28N6/c1-5-13-31(14-6-1)37-41-35(42-38(45-37)32-15-7-2-8-16-32)27-25-29-21-23-30(24-22-29)26-28-36-43-39(33-17-9-3-10-18-33)46-40(44-36)34-19-11-4-12-20-34/h1-28H/b27-25+,28-26?. The van der Waals surface area contributed by atoms with Crippen LogP contribution in [0.1, 0.15) is 22.8 Å². The summed E-state index contributed by atoms with van der Waals surface area (Å²) in [6.45, 7) is 0. The summed E-state index contributed by atoms with van der Waals surface area (Å²) >= 11 is 0. The van der Waals surface area contributed by atoms with Gasteiger partial charge in [0.2, 0.25) is 0 Å². The summed E-state index contributed by atoms with van der Waals surface area (Å²) < 4.78 is 0. The van der Waals surface area contributed by atoms with Gasteiger partial charge in [-0.05, 0) is 23.3 Å². The van der Waals surface area contributed by atoms with Gasteiger partial charge in [0, 0.05) is 22.3 Å². The first-order chi connectivity index (χ1) is 22.8. The maximum atomic E-state index is 4.75. The highest BCUT2D eigenvalue weighted by Gasteiger charge is 2.10. The number of hydrogen-bond donors (Lipinski definition) is 0. The van der Waals surface area contributed by atoms with Gasteiger partial charge in [-0.3, -0.25) is 0 Å². The van der Waals surface area contributed by atoms with E-state index in [1.807, 2.05) is 146 Å². The van der Waals surface area contributed by atoms with Crippen molar-refractivity contribution in [3.63, 3.8) is 0 Å².